The highest BCUT2D eigenvalue weighted by Crippen LogP contribution is 2.32. The zero-order valence-electron chi connectivity index (χ0n) is 17.6. The van der Waals surface area contributed by atoms with Crippen LogP contribution in [0.5, 0.6) is 0 Å². The highest BCUT2D eigenvalue weighted by molar-refractivity contribution is 6.01. The monoisotopic (exact) mass is 428 g/mol. The van der Waals surface area contributed by atoms with Crippen molar-refractivity contribution in [1.82, 2.24) is 4.90 Å². The van der Waals surface area contributed by atoms with E-state index in [0.717, 1.165) is 16.8 Å². The van der Waals surface area contributed by atoms with Gasteiger partial charge in [-0.15, -0.1) is 0 Å². The number of amides is 2. The fraction of sp³-hybridized carbons (Fsp3) is 0.231. The average molecular weight is 428 g/mol. The van der Waals surface area contributed by atoms with Crippen molar-refractivity contribution < 1.29 is 19.1 Å². The Labute approximate surface area is 187 Å². The number of benzene rings is 3. The first-order valence-electron chi connectivity index (χ1n) is 10.7. The van der Waals surface area contributed by atoms with Crippen LogP contribution in [-0.4, -0.2) is 55.3 Å². The lowest BCUT2D eigenvalue weighted by atomic mass is 9.98. The Morgan fingerprint density at radius 2 is 1.53 bits per heavy atom. The van der Waals surface area contributed by atoms with Crippen LogP contribution in [-0.2, 0) is 9.47 Å². The van der Waals surface area contributed by atoms with Gasteiger partial charge in [0, 0.05) is 17.8 Å². The predicted octanol–water partition coefficient (Wildman–Crippen LogP) is 4.22. The Balaban J connectivity index is 1.42. The topological polar surface area (TPSA) is 59.1 Å². The van der Waals surface area contributed by atoms with Crippen molar-refractivity contribution in [2.24, 2.45) is 0 Å². The zero-order valence-corrected chi connectivity index (χ0v) is 17.6. The molecule has 6 heteroatoms. The lowest BCUT2D eigenvalue weighted by molar-refractivity contribution is -0.0140. The molecule has 5 rings (SSSR count). The highest BCUT2D eigenvalue weighted by atomic mass is 16.6. The molecule has 3 aromatic carbocycles. The number of anilines is 1. The molecule has 1 atom stereocenters. The lowest BCUT2D eigenvalue weighted by Gasteiger charge is -2.30. The summed E-state index contributed by atoms with van der Waals surface area (Å²) in [5, 5.41) is 0. The predicted molar refractivity (Wildman–Crippen MR) is 122 cm³/mol. The summed E-state index contributed by atoms with van der Waals surface area (Å²) < 4.78 is 11.6. The van der Waals surface area contributed by atoms with Gasteiger partial charge in [0.05, 0.1) is 26.3 Å². The first-order chi connectivity index (χ1) is 15.7. The average Bonchev–Trinajstić information content (AvgIpc) is 3.03. The third-order valence-electron chi connectivity index (χ3n) is 5.92. The van der Waals surface area contributed by atoms with Crippen LogP contribution in [0.2, 0.25) is 0 Å². The minimum Gasteiger partial charge on any atom is -0.436 e. The fourth-order valence-electron chi connectivity index (χ4n) is 4.38. The molecule has 3 aromatic rings. The lowest BCUT2D eigenvalue weighted by Crippen LogP contribution is -2.49. The normalized spacial score (nSPS) is 20.8. The summed E-state index contributed by atoms with van der Waals surface area (Å²) in [5.74, 6) is -0.0939. The van der Waals surface area contributed by atoms with Crippen molar-refractivity contribution in [2.75, 3.05) is 37.7 Å². The summed E-state index contributed by atoms with van der Waals surface area (Å²) in [7, 11) is 0. The highest BCUT2D eigenvalue weighted by Gasteiger charge is 2.49. The van der Waals surface area contributed by atoms with E-state index in [2.05, 4.69) is 0 Å². The molecular weight excluding hydrogens is 404 g/mol. The van der Waals surface area contributed by atoms with Gasteiger partial charge in [0.1, 0.15) is 0 Å². The molecule has 0 bridgehead atoms. The Morgan fingerprint density at radius 1 is 0.844 bits per heavy atom. The van der Waals surface area contributed by atoms with E-state index in [1.54, 1.807) is 9.80 Å². The second-order valence-corrected chi connectivity index (χ2v) is 8.16. The Hall–Kier alpha value is -3.64. The van der Waals surface area contributed by atoms with E-state index in [1.807, 2.05) is 84.9 Å². The summed E-state index contributed by atoms with van der Waals surface area (Å²) in [4.78, 5) is 29.7. The van der Waals surface area contributed by atoms with Crippen LogP contribution in [0.3, 0.4) is 0 Å². The van der Waals surface area contributed by atoms with Crippen LogP contribution < -0.4 is 4.90 Å². The first-order valence-corrected chi connectivity index (χ1v) is 10.7. The molecule has 0 saturated carbocycles. The summed E-state index contributed by atoms with van der Waals surface area (Å²) in [6.07, 6.45) is -0.418. The number of para-hydroxylation sites is 1. The molecule has 2 amide bonds. The maximum atomic E-state index is 13.6. The SMILES string of the molecule is O=C(c1ccccc1-c1ccccc1)N1CCOC[C@]2(C1)CN(c1ccccc1)C(=O)O2. The minimum absolute atomic E-state index is 0.0939. The number of nitrogens with zero attached hydrogens (tertiary/aromatic N) is 2. The van der Waals surface area contributed by atoms with E-state index in [9.17, 15) is 9.59 Å². The minimum atomic E-state index is -0.902. The van der Waals surface area contributed by atoms with Gasteiger partial charge >= 0.3 is 6.09 Å². The quantitative estimate of drug-likeness (QED) is 0.627. The van der Waals surface area contributed by atoms with Gasteiger partial charge in [-0.1, -0.05) is 66.7 Å². The second kappa shape index (κ2) is 8.48. The molecule has 0 radical (unpaired) electrons. The molecule has 6 nitrogen and oxygen atoms in total. The van der Waals surface area contributed by atoms with Gasteiger partial charge in [0.2, 0.25) is 0 Å². The van der Waals surface area contributed by atoms with Crippen LogP contribution in [0.1, 0.15) is 10.4 Å². The van der Waals surface area contributed by atoms with Crippen LogP contribution in [0.4, 0.5) is 10.5 Å². The van der Waals surface area contributed by atoms with Crippen molar-refractivity contribution >= 4 is 17.7 Å². The molecule has 0 N–H and O–H groups in total. The number of rotatable bonds is 3. The number of carbonyl (C=O) groups excluding carboxylic acids is 2. The number of hydrogen-bond acceptors (Lipinski definition) is 4. The van der Waals surface area contributed by atoms with E-state index < -0.39 is 11.7 Å². The van der Waals surface area contributed by atoms with Crippen molar-refractivity contribution in [2.45, 2.75) is 5.60 Å². The van der Waals surface area contributed by atoms with Crippen molar-refractivity contribution in [3.8, 4) is 11.1 Å². The van der Waals surface area contributed by atoms with Gasteiger partial charge in [-0.3, -0.25) is 9.69 Å². The Bertz CT molecular complexity index is 1120. The van der Waals surface area contributed by atoms with Crippen molar-refractivity contribution in [1.29, 1.82) is 0 Å². The molecule has 2 fully saturated rings. The summed E-state index contributed by atoms with van der Waals surface area (Å²) in [6, 6.07) is 26.9. The number of hydrogen-bond donors (Lipinski definition) is 0. The van der Waals surface area contributed by atoms with Crippen LogP contribution in [0, 0.1) is 0 Å². The maximum absolute atomic E-state index is 13.6. The molecule has 2 heterocycles. The summed E-state index contributed by atoms with van der Waals surface area (Å²) in [6.45, 7) is 1.70. The van der Waals surface area contributed by atoms with Crippen molar-refractivity contribution in [3.63, 3.8) is 0 Å². The maximum Gasteiger partial charge on any atom is 0.415 e. The molecule has 2 saturated heterocycles. The van der Waals surface area contributed by atoms with Gasteiger partial charge < -0.3 is 14.4 Å². The van der Waals surface area contributed by atoms with E-state index in [1.165, 1.54) is 0 Å². The number of carbonyl (C=O) groups is 2. The molecule has 0 unspecified atom stereocenters. The third-order valence-corrected chi connectivity index (χ3v) is 5.92. The van der Waals surface area contributed by atoms with E-state index in [4.69, 9.17) is 9.47 Å². The molecule has 0 aliphatic carbocycles. The number of ether oxygens (including phenoxy) is 2. The molecule has 0 aromatic heterocycles. The van der Waals surface area contributed by atoms with E-state index in [0.29, 0.717) is 25.3 Å². The van der Waals surface area contributed by atoms with E-state index >= 15 is 0 Å². The molecule has 1 spiro atoms. The van der Waals surface area contributed by atoms with Crippen LogP contribution in [0.15, 0.2) is 84.9 Å². The standard InChI is InChI=1S/C26H24N2O4/c29-24(23-14-8-7-13-22(23)20-9-3-1-4-10-20)27-15-16-31-19-26(17-27)18-28(25(30)32-26)21-11-5-2-6-12-21/h1-14H,15-19H2/t26-/m0/s1. The van der Waals surface area contributed by atoms with Crippen LogP contribution in [0.25, 0.3) is 11.1 Å². The third kappa shape index (κ3) is 3.85. The van der Waals surface area contributed by atoms with Gasteiger partial charge in [-0.25, -0.2) is 4.79 Å². The largest absolute Gasteiger partial charge is 0.436 e. The molecule has 162 valence electrons. The van der Waals surface area contributed by atoms with E-state index in [-0.39, 0.29) is 19.1 Å². The Morgan fingerprint density at radius 3 is 2.31 bits per heavy atom. The van der Waals surface area contributed by atoms with Gasteiger partial charge in [0.15, 0.2) is 5.60 Å². The van der Waals surface area contributed by atoms with Gasteiger partial charge in [0.25, 0.3) is 5.91 Å². The Kier molecular flexibility index (Phi) is 5.37. The van der Waals surface area contributed by atoms with Crippen LogP contribution >= 0.6 is 0 Å². The fourth-order valence-corrected chi connectivity index (χ4v) is 4.38. The summed E-state index contributed by atoms with van der Waals surface area (Å²) >= 11 is 0. The molecule has 2 aliphatic rings. The van der Waals surface area contributed by atoms with Gasteiger partial charge in [-0.05, 0) is 29.3 Å². The second-order valence-electron chi connectivity index (χ2n) is 8.16. The molecule has 32 heavy (non-hydrogen) atoms. The smallest absolute Gasteiger partial charge is 0.415 e. The van der Waals surface area contributed by atoms with Gasteiger partial charge in [-0.2, -0.15) is 0 Å². The molecule has 2 aliphatic heterocycles. The summed E-state index contributed by atoms with van der Waals surface area (Å²) in [5.41, 5.74) is 2.36. The molecular formula is C26H24N2O4. The zero-order chi connectivity index (χ0) is 22.0. The van der Waals surface area contributed by atoms with Crippen molar-refractivity contribution in [3.05, 3.63) is 90.5 Å². The first kappa shape index (κ1) is 20.3.